The standard InChI is InChI=1S/C49H54ClF3N8O7S2/c1-59(2)21-3-17-55-43-13-10-39(29-45(43)69(64,65)49(51,52)53)70(66,67)58-48(63)41-12-9-37(28-44(41)68-38-27-35-14-18-56-47(35)57-30-38)61-22-15-34(16-23-61)46(62)42-26-32(31-60-24-19-54-20-25-60)4-11-40(42)33-5-7-36(50)8-6-33/h4-14,18,26-30,34,46,54-55,62H,3,15-17,19-25,31H2,1-2H3,(H,56,57)(H,58,63)/t46-/m1/s1. The fourth-order valence-electron chi connectivity index (χ4n) is 8.80. The zero-order chi connectivity index (χ0) is 49.8. The molecule has 2 saturated heterocycles. The number of alkyl halides is 3. The number of aliphatic hydroxyl groups is 1. The van der Waals surface area contributed by atoms with Crippen molar-refractivity contribution >= 4 is 59.8 Å². The summed E-state index contributed by atoms with van der Waals surface area (Å²) >= 11 is 6.25. The van der Waals surface area contributed by atoms with Gasteiger partial charge in [0, 0.05) is 80.7 Å². The Morgan fingerprint density at radius 2 is 1.69 bits per heavy atom. The van der Waals surface area contributed by atoms with Crippen LogP contribution in [0.2, 0.25) is 5.02 Å². The molecule has 2 aliphatic rings. The lowest BCUT2D eigenvalue weighted by Crippen LogP contribution is -2.42. The Hall–Kier alpha value is -5.74. The van der Waals surface area contributed by atoms with Gasteiger partial charge in [0.05, 0.1) is 28.4 Å². The van der Waals surface area contributed by atoms with E-state index >= 15 is 0 Å². The fraction of sp³-hybridized carbons (Fsp3) is 0.347. The Labute approximate surface area is 410 Å². The quantitative estimate of drug-likeness (QED) is 0.0557. The first-order valence-corrected chi connectivity index (χ1v) is 26.1. The summed E-state index contributed by atoms with van der Waals surface area (Å²) < 4.78 is 103. The van der Waals surface area contributed by atoms with Gasteiger partial charge in [0.2, 0.25) is 0 Å². The number of sulfonamides is 1. The number of aromatic nitrogens is 2. The lowest BCUT2D eigenvalue weighted by atomic mass is 9.83. The van der Waals surface area contributed by atoms with Crippen LogP contribution < -0.4 is 25.0 Å². The van der Waals surface area contributed by atoms with E-state index in [2.05, 4.69) is 48.6 Å². The number of H-pyrrole nitrogens is 1. The van der Waals surface area contributed by atoms with Crippen molar-refractivity contribution in [3.8, 4) is 22.6 Å². The predicted octanol–water partition coefficient (Wildman–Crippen LogP) is 7.81. The third-order valence-electron chi connectivity index (χ3n) is 12.6. The van der Waals surface area contributed by atoms with Crippen LogP contribution in [0.4, 0.5) is 24.5 Å². The number of ether oxygens (including phenoxy) is 1. The minimum absolute atomic E-state index is 0.0597. The molecular formula is C49H54ClF3N8O7S2. The van der Waals surface area contributed by atoms with Crippen molar-refractivity contribution in [2.45, 2.75) is 47.2 Å². The van der Waals surface area contributed by atoms with Crippen LogP contribution in [-0.4, -0.2) is 120 Å². The van der Waals surface area contributed by atoms with Gasteiger partial charge in [-0.2, -0.15) is 13.2 Å². The molecule has 15 nitrogen and oxygen atoms in total. The zero-order valence-electron chi connectivity index (χ0n) is 38.5. The van der Waals surface area contributed by atoms with Crippen molar-refractivity contribution in [1.29, 1.82) is 0 Å². The monoisotopic (exact) mass is 1020 g/mol. The van der Waals surface area contributed by atoms with Crippen LogP contribution >= 0.6 is 11.6 Å². The van der Waals surface area contributed by atoms with Crippen LogP contribution in [0.5, 0.6) is 11.5 Å². The van der Waals surface area contributed by atoms with E-state index < -0.39 is 52.9 Å². The Morgan fingerprint density at radius 1 is 0.943 bits per heavy atom. The van der Waals surface area contributed by atoms with E-state index in [4.69, 9.17) is 16.3 Å². The SMILES string of the molecule is CN(C)CCCNc1ccc(S(=O)(=O)NC(=O)c2ccc(N3CCC([C@@H](O)c4cc(CN5CCNCC5)ccc4-c4ccc(Cl)cc4)CC3)cc2Oc2cnc3[nH]ccc3c2)cc1S(=O)(=O)C(F)(F)F. The second kappa shape index (κ2) is 21.3. The first-order chi connectivity index (χ1) is 33.4. The highest BCUT2D eigenvalue weighted by molar-refractivity contribution is 7.92. The highest BCUT2D eigenvalue weighted by Gasteiger charge is 2.48. The van der Waals surface area contributed by atoms with E-state index in [0.717, 1.165) is 67.1 Å². The molecule has 8 rings (SSSR count). The molecule has 70 heavy (non-hydrogen) atoms. The Bertz CT molecular complexity index is 3050. The molecule has 2 aliphatic heterocycles. The van der Waals surface area contributed by atoms with Crippen LogP contribution in [0.15, 0.2) is 113 Å². The maximum absolute atomic E-state index is 14.0. The number of anilines is 2. The number of aromatic amines is 1. The zero-order valence-corrected chi connectivity index (χ0v) is 40.9. The van der Waals surface area contributed by atoms with Gasteiger partial charge in [-0.1, -0.05) is 41.9 Å². The Balaban J connectivity index is 1.04. The second-order valence-electron chi connectivity index (χ2n) is 17.7. The van der Waals surface area contributed by atoms with Gasteiger partial charge >= 0.3 is 5.51 Å². The first-order valence-electron chi connectivity index (χ1n) is 22.8. The highest BCUT2D eigenvalue weighted by Crippen LogP contribution is 2.40. The summed E-state index contributed by atoms with van der Waals surface area (Å²) in [7, 11) is -7.44. The average Bonchev–Trinajstić information content (AvgIpc) is 3.81. The van der Waals surface area contributed by atoms with Crippen molar-refractivity contribution in [3.05, 3.63) is 125 Å². The fourth-order valence-corrected chi connectivity index (χ4v) is 11.0. The molecule has 5 N–H and O–H groups in total. The smallest absolute Gasteiger partial charge is 0.455 e. The summed E-state index contributed by atoms with van der Waals surface area (Å²) in [5.41, 5.74) is -1.43. The Morgan fingerprint density at radius 3 is 2.40 bits per heavy atom. The number of hydrogen-bond acceptors (Lipinski definition) is 13. The summed E-state index contributed by atoms with van der Waals surface area (Å²) in [5, 5.41) is 19.5. The highest BCUT2D eigenvalue weighted by atomic mass is 35.5. The summed E-state index contributed by atoms with van der Waals surface area (Å²) in [4.78, 5) is 25.5. The van der Waals surface area contributed by atoms with E-state index in [1.54, 1.807) is 44.6 Å². The minimum atomic E-state index is -6.04. The van der Waals surface area contributed by atoms with E-state index in [1.165, 1.54) is 12.3 Å². The molecule has 21 heteroatoms. The van der Waals surface area contributed by atoms with Crippen molar-refractivity contribution in [3.63, 3.8) is 0 Å². The number of carbonyl (C=O) groups is 1. The number of nitrogens with zero attached hydrogens (tertiary/aromatic N) is 4. The molecule has 0 radical (unpaired) electrons. The lowest BCUT2D eigenvalue weighted by Gasteiger charge is -2.36. The lowest BCUT2D eigenvalue weighted by molar-refractivity contribution is -0.0435. The van der Waals surface area contributed by atoms with Crippen molar-refractivity contribution in [1.82, 2.24) is 29.8 Å². The van der Waals surface area contributed by atoms with Crippen LogP contribution in [0.3, 0.4) is 0 Å². The number of amides is 1. The van der Waals surface area contributed by atoms with Crippen LogP contribution in [0, 0.1) is 5.92 Å². The van der Waals surface area contributed by atoms with E-state index in [0.29, 0.717) is 66.7 Å². The summed E-state index contributed by atoms with van der Waals surface area (Å²) in [6, 6.07) is 24.1. The average molecular weight is 1020 g/mol. The summed E-state index contributed by atoms with van der Waals surface area (Å²) in [6.07, 6.45) is 3.97. The maximum Gasteiger partial charge on any atom is 0.501 e. The number of aliphatic hydroxyl groups excluding tert-OH is 1. The van der Waals surface area contributed by atoms with Crippen LogP contribution in [0.25, 0.3) is 22.2 Å². The largest absolute Gasteiger partial charge is 0.501 e. The van der Waals surface area contributed by atoms with Crippen LogP contribution in [0.1, 0.15) is 46.9 Å². The third-order valence-corrected chi connectivity index (χ3v) is 15.7. The number of piperidine rings is 1. The third kappa shape index (κ3) is 11.7. The number of piperazine rings is 1. The van der Waals surface area contributed by atoms with Gasteiger partial charge in [-0.3, -0.25) is 9.69 Å². The molecule has 0 unspecified atom stereocenters. The molecule has 0 saturated carbocycles. The molecular weight excluding hydrogens is 969 g/mol. The Kier molecular flexibility index (Phi) is 15.4. The molecule has 2 aromatic heterocycles. The molecule has 0 spiro atoms. The predicted molar refractivity (Wildman–Crippen MR) is 264 cm³/mol. The molecule has 1 amide bonds. The van der Waals surface area contributed by atoms with Gasteiger partial charge in [-0.05, 0) is 123 Å². The van der Waals surface area contributed by atoms with Crippen molar-refractivity contribution < 1.29 is 44.6 Å². The second-order valence-corrected chi connectivity index (χ2v) is 21.7. The molecule has 6 aromatic rings. The number of pyridine rings is 1. The summed E-state index contributed by atoms with van der Waals surface area (Å²) in [5.74, 6) is -1.15. The van der Waals surface area contributed by atoms with Gasteiger partial charge in [-0.25, -0.2) is 26.5 Å². The normalized spacial score (nSPS) is 15.9. The molecule has 0 bridgehead atoms. The van der Waals surface area contributed by atoms with E-state index in [-0.39, 0.29) is 29.5 Å². The topological polar surface area (TPSA) is 189 Å². The molecule has 4 heterocycles. The number of benzene rings is 4. The van der Waals surface area contributed by atoms with Gasteiger partial charge in [0.1, 0.15) is 22.0 Å². The van der Waals surface area contributed by atoms with Crippen molar-refractivity contribution in [2.75, 3.05) is 76.7 Å². The summed E-state index contributed by atoms with van der Waals surface area (Å²) in [6.45, 7) is 6.11. The van der Waals surface area contributed by atoms with Gasteiger partial charge in [-0.15, -0.1) is 0 Å². The van der Waals surface area contributed by atoms with Gasteiger partial charge < -0.3 is 35.3 Å². The number of nitrogens with one attached hydrogen (secondary N) is 4. The number of sulfone groups is 1. The number of rotatable bonds is 17. The number of carbonyl (C=O) groups excluding carboxylic acids is 1. The number of fused-ring (bicyclic) bond motifs is 1. The number of halogens is 4. The first kappa shape index (κ1) is 50.6. The van der Waals surface area contributed by atoms with E-state index in [1.807, 2.05) is 33.9 Å². The van der Waals surface area contributed by atoms with Crippen LogP contribution in [-0.2, 0) is 26.4 Å². The van der Waals surface area contributed by atoms with Gasteiger partial charge in [0.15, 0.2) is 0 Å². The molecule has 4 aromatic carbocycles. The molecule has 0 aliphatic carbocycles. The van der Waals surface area contributed by atoms with Crippen molar-refractivity contribution in [2.24, 2.45) is 5.92 Å². The number of hydrogen-bond donors (Lipinski definition) is 5. The van der Waals surface area contributed by atoms with E-state index in [9.17, 15) is 39.9 Å². The van der Waals surface area contributed by atoms with Gasteiger partial charge in [0.25, 0.3) is 25.8 Å². The molecule has 1 atom stereocenters. The molecule has 2 fully saturated rings. The minimum Gasteiger partial charge on any atom is -0.455 e. The maximum atomic E-state index is 14.0. The molecule has 372 valence electrons.